The van der Waals surface area contributed by atoms with Crippen LogP contribution in [0.5, 0.6) is 0 Å². The summed E-state index contributed by atoms with van der Waals surface area (Å²) >= 11 is 0. The highest BCUT2D eigenvalue weighted by molar-refractivity contribution is 5.97. The molecule has 2 aromatic heterocycles. The number of amides is 2. The van der Waals surface area contributed by atoms with E-state index >= 15 is 0 Å². The lowest BCUT2D eigenvalue weighted by Crippen LogP contribution is -2.41. The molecule has 2 amide bonds. The van der Waals surface area contributed by atoms with E-state index in [0.717, 1.165) is 11.1 Å². The molecule has 33 heavy (non-hydrogen) atoms. The Bertz CT molecular complexity index is 1270. The van der Waals surface area contributed by atoms with E-state index < -0.39 is 0 Å². The van der Waals surface area contributed by atoms with Crippen LogP contribution >= 0.6 is 0 Å². The van der Waals surface area contributed by atoms with Crippen molar-refractivity contribution in [2.24, 2.45) is 14.1 Å². The van der Waals surface area contributed by atoms with Gasteiger partial charge in [-0.15, -0.1) is 5.10 Å². The third-order valence-electron chi connectivity index (χ3n) is 5.98. The van der Waals surface area contributed by atoms with Crippen LogP contribution in [0.2, 0.25) is 0 Å². The van der Waals surface area contributed by atoms with Gasteiger partial charge in [0.15, 0.2) is 0 Å². The Morgan fingerprint density at radius 2 is 1.88 bits per heavy atom. The van der Waals surface area contributed by atoms with Gasteiger partial charge in [-0.1, -0.05) is 35.5 Å². The van der Waals surface area contributed by atoms with Gasteiger partial charge in [0.05, 0.1) is 5.52 Å². The van der Waals surface area contributed by atoms with Crippen molar-refractivity contribution in [2.75, 3.05) is 13.6 Å². The largest absolute Gasteiger partial charge is 0.351 e. The summed E-state index contributed by atoms with van der Waals surface area (Å²) in [6, 6.07) is 19.1. The molecule has 0 fully saturated rings. The van der Waals surface area contributed by atoms with Gasteiger partial charge in [-0.25, -0.2) is 4.68 Å². The third kappa shape index (κ3) is 4.95. The molecule has 0 aliphatic heterocycles. The molecule has 0 radical (unpaired) electrons. The summed E-state index contributed by atoms with van der Waals surface area (Å²) < 4.78 is 3.47. The van der Waals surface area contributed by atoms with Gasteiger partial charge in [0.1, 0.15) is 11.2 Å². The van der Waals surface area contributed by atoms with Gasteiger partial charge >= 0.3 is 0 Å². The highest BCUT2D eigenvalue weighted by Crippen LogP contribution is 2.18. The van der Waals surface area contributed by atoms with Crippen molar-refractivity contribution >= 4 is 22.8 Å². The Morgan fingerprint density at radius 1 is 1.09 bits per heavy atom. The Balaban J connectivity index is 0.00000324. The fourth-order valence-corrected chi connectivity index (χ4v) is 4.00. The summed E-state index contributed by atoms with van der Waals surface area (Å²) in [4.78, 5) is 27.6. The molecule has 1 N–H and O–H groups in total. The first-order chi connectivity index (χ1) is 15.9. The molecule has 2 aromatic carbocycles. The van der Waals surface area contributed by atoms with E-state index in [1.165, 1.54) is 0 Å². The summed E-state index contributed by atoms with van der Waals surface area (Å²) in [6.07, 6.45) is 3.16. The zero-order valence-electron chi connectivity index (χ0n) is 19.1. The number of rotatable bonds is 8. The van der Waals surface area contributed by atoms with Crippen LogP contribution in [0, 0.1) is 0 Å². The second kappa shape index (κ2) is 9.68. The van der Waals surface area contributed by atoms with Crippen molar-refractivity contribution in [3.63, 3.8) is 0 Å². The number of aromatic nitrogens is 4. The molecule has 0 saturated carbocycles. The van der Waals surface area contributed by atoms with E-state index in [0.29, 0.717) is 36.2 Å². The zero-order valence-corrected chi connectivity index (χ0v) is 19.1. The third-order valence-corrected chi connectivity index (χ3v) is 5.98. The van der Waals surface area contributed by atoms with Gasteiger partial charge in [-0.3, -0.25) is 9.59 Å². The number of nitrogens with one attached hydrogen (secondary N) is 1. The minimum Gasteiger partial charge on any atom is -0.351 e. The molecule has 0 spiro atoms. The lowest BCUT2D eigenvalue weighted by Gasteiger charge is -2.29. The number of hydrogen-bond acceptors (Lipinski definition) is 4. The Labute approximate surface area is 194 Å². The number of likely N-dealkylation sites (N-methyl/N-ethyl adjacent to an activating group) is 1. The fourth-order valence-electron chi connectivity index (χ4n) is 4.00. The van der Waals surface area contributed by atoms with Crippen molar-refractivity contribution in [1.29, 1.82) is 0 Å². The molecule has 172 valence electrons. The molecular weight excluding hydrogens is 416 g/mol. The summed E-state index contributed by atoms with van der Waals surface area (Å²) in [6.45, 7) is 0.461. The maximum atomic E-state index is 13.3. The quantitative estimate of drug-likeness (QED) is 0.451. The van der Waals surface area contributed by atoms with E-state index in [9.17, 15) is 9.59 Å². The zero-order chi connectivity index (χ0) is 23.4. The highest BCUT2D eigenvalue weighted by Gasteiger charge is 2.23. The van der Waals surface area contributed by atoms with Crippen LogP contribution in [0.4, 0.5) is 0 Å². The van der Waals surface area contributed by atoms with Gasteiger partial charge < -0.3 is 14.8 Å². The van der Waals surface area contributed by atoms with Gasteiger partial charge in [0.2, 0.25) is 0 Å². The number of carbonyl (C=O) groups is 2. The monoisotopic (exact) mass is 446 g/mol. The maximum Gasteiger partial charge on any atom is 0.267 e. The molecule has 4 aromatic rings. The summed E-state index contributed by atoms with van der Waals surface area (Å²) in [7, 11) is 5.48. The predicted octanol–water partition coefficient (Wildman–Crippen LogP) is 3.06. The topological polar surface area (TPSA) is 85.1 Å². The molecule has 4 rings (SSSR count). The number of aryl methyl sites for hydroxylation is 2. The second-order valence-electron chi connectivity index (χ2n) is 8.23. The lowest BCUT2D eigenvalue weighted by atomic mass is 10.0. The van der Waals surface area contributed by atoms with Crippen LogP contribution < -0.4 is 5.32 Å². The Morgan fingerprint density at radius 3 is 2.61 bits per heavy atom. The number of fused-ring (bicyclic) bond motifs is 1. The number of benzene rings is 2. The van der Waals surface area contributed by atoms with Crippen LogP contribution in [0.1, 0.15) is 34.3 Å². The molecule has 0 unspecified atom stereocenters. The van der Waals surface area contributed by atoms with Crippen molar-refractivity contribution in [3.05, 3.63) is 83.7 Å². The van der Waals surface area contributed by atoms with Crippen LogP contribution in [0.25, 0.3) is 11.0 Å². The number of nitrogens with zero attached hydrogens (tertiary/aromatic N) is 5. The van der Waals surface area contributed by atoms with Crippen LogP contribution in [0.15, 0.2) is 66.9 Å². The first-order valence-electron chi connectivity index (χ1n) is 10.9. The van der Waals surface area contributed by atoms with Gasteiger partial charge in [-0.05, 0) is 48.7 Å². The smallest absolute Gasteiger partial charge is 0.267 e. The van der Waals surface area contributed by atoms with E-state index in [1.807, 2.05) is 57.7 Å². The Kier molecular flexibility index (Phi) is 6.53. The molecule has 8 nitrogen and oxygen atoms in total. The van der Waals surface area contributed by atoms with Gasteiger partial charge in [0, 0.05) is 46.9 Å². The number of hydrogen-bond donors (Lipinski definition) is 1. The first kappa shape index (κ1) is 22.3. The van der Waals surface area contributed by atoms with Gasteiger partial charge in [0.25, 0.3) is 11.8 Å². The SMILES string of the molecule is CN(C(=O)c1ccc2c(c1)nnn2C)[C@H](CCNC(=O)c1cccn1C)Cc1ccccc1.[HH]. The number of carbonyl (C=O) groups excluding carboxylic acids is 2. The fraction of sp³-hybridized carbons (Fsp3) is 0.280. The minimum atomic E-state index is -0.122. The average Bonchev–Trinajstić information content (AvgIpc) is 3.43. The van der Waals surface area contributed by atoms with Crippen LogP contribution in [-0.2, 0) is 20.5 Å². The summed E-state index contributed by atoms with van der Waals surface area (Å²) in [5.41, 5.74) is 3.87. The van der Waals surface area contributed by atoms with E-state index in [4.69, 9.17) is 0 Å². The standard InChI is InChI=1S/C25H28N6O2.H2/c1-29-15-7-10-23(29)24(32)26-14-13-20(16-18-8-5-4-6-9-18)30(2)25(33)19-11-12-22-21(17-19)27-28-31(22)3;/h4-12,15,17,20H,13-14,16H2,1-3H3,(H,26,32);1H/t20-;/m1./s1. The van der Waals surface area contributed by atoms with Crippen molar-refractivity contribution in [2.45, 2.75) is 18.9 Å². The predicted molar refractivity (Wildman–Crippen MR) is 129 cm³/mol. The minimum absolute atomic E-state index is 0. The van der Waals surface area contributed by atoms with Crippen molar-refractivity contribution in [1.82, 2.24) is 29.8 Å². The molecule has 0 aliphatic rings. The average molecular weight is 447 g/mol. The highest BCUT2D eigenvalue weighted by atomic mass is 16.2. The molecule has 0 bridgehead atoms. The van der Waals surface area contributed by atoms with Crippen molar-refractivity contribution < 1.29 is 11.0 Å². The molecule has 1 atom stereocenters. The maximum absolute atomic E-state index is 13.3. The molecule has 2 heterocycles. The van der Waals surface area contributed by atoms with Crippen LogP contribution in [0.3, 0.4) is 0 Å². The van der Waals surface area contributed by atoms with Crippen LogP contribution in [-0.4, -0.2) is 55.9 Å². The van der Waals surface area contributed by atoms with Crippen molar-refractivity contribution in [3.8, 4) is 0 Å². The first-order valence-corrected chi connectivity index (χ1v) is 10.9. The Hall–Kier alpha value is -3.94. The summed E-state index contributed by atoms with van der Waals surface area (Å²) in [5, 5.41) is 11.1. The van der Waals surface area contributed by atoms with E-state index in [2.05, 4.69) is 27.8 Å². The normalized spacial score (nSPS) is 12.0. The van der Waals surface area contributed by atoms with Gasteiger partial charge in [-0.2, -0.15) is 0 Å². The molecule has 0 aliphatic carbocycles. The summed E-state index contributed by atoms with van der Waals surface area (Å²) in [5.74, 6) is -0.208. The lowest BCUT2D eigenvalue weighted by molar-refractivity contribution is 0.0723. The van der Waals surface area contributed by atoms with E-state index in [-0.39, 0.29) is 19.3 Å². The molecular formula is C25H30N6O2. The molecule has 0 saturated heterocycles. The second-order valence-corrected chi connectivity index (χ2v) is 8.23. The van der Waals surface area contributed by atoms with E-state index in [1.54, 1.807) is 32.3 Å². The molecule has 8 heteroatoms.